The monoisotopic (exact) mass is 201 g/mol. The standard InChI is InChI=1S/C10H23N3O/c1-3-4-5-6-7-12-9(2)8-10(11)13-14/h9,12,14H,3-8H2,1-2H3,(H2,11,13). The third-order valence-corrected chi connectivity index (χ3v) is 2.17. The number of nitrogens with zero attached hydrogens (tertiary/aromatic N) is 1. The number of unbranched alkanes of at least 4 members (excludes halogenated alkanes) is 3. The zero-order valence-corrected chi connectivity index (χ0v) is 9.29. The quantitative estimate of drug-likeness (QED) is 0.184. The van der Waals surface area contributed by atoms with Crippen molar-refractivity contribution in [1.29, 1.82) is 0 Å². The van der Waals surface area contributed by atoms with Gasteiger partial charge in [-0.05, 0) is 19.9 Å². The predicted octanol–water partition coefficient (Wildman–Crippen LogP) is 1.68. The maximum absolute atomic E-state index is 8.36. The smallest absolute Gasteiger partial charge is 0.140 e. The lowest BCUT2D eigenvalue weighted by molar-refractivity contribution is 0.316. The van der Waals surface area contributed by atoms with Gasteiger partial charge in [-0.25, -0.2) is 0 Å². The highest BCUT2D eigenvalue weighted by Crippen LogP contribution is 1.98. The zero-order valence-electron chi connectivity index (χ0n) is 9.29. The van der Waals surface area contributed by atoms with Gasteiger partial charge in [0.15, 0.2) is 0 Å². The van der Waals surface area contributed by atoms with Gasteiger partial charge in [0.05, 0.1) is 0 Å². The van der Waals surface area contributed by atoms with Gasteiger partial charge in [-0.1, -0.05) is 31.3 Å². The van der Waals surface area contributed by atoms with Gasteiger partial charge < -0.3 is 16.3 Å². The number of hydrogen-bond acceptors (Lipinski definition) is 3. The van der Waals surface area contributed by atoms with Crippen LogP contribution in [0.2, 0.25) is 0 Å². The Labute approximate surface area is 86.6 Å². The Morgan fingerprint density at radius 3 is 2.71 bits per heavy atom. The van der Waals surface area contributed by atoms with Crippen molar-refractivity contribution in [3.8, 4) is 0 Å². The normalized spacial score (nSPS) is 14.3. The molecule has 0 saturated carbocycles. The molecule has 0 amide bonds. The molecule has 0 aliphatic carbocycles. The van der Waals surface area contributed by atoms with Crippen molar-refractivity contribution < 1.29 is 5.21 Å². The summed E-state index contributed by atoms with van der Waals surface area (Å²) in [7, 11) is 0. The van der Waals surface area contributed by atoms with Gasteiger partial charge in [0.1, 0.15) is 5.84 Å². The molecule has 0 bridgehead atoms. The fraction of sp³-hybridized carbons (Fsp3) is 0.900. The number of nitrogens with two attached hydrogens (primary N) is 1. The minimum Gasteiger partial charge on any atom is -0.409 e. The minimum absolute atomic E-state index is 0.285. The topological polar surface area (TPSA) is 70.6 Å². The molecular formula is C10H23N3O. The van der Waals surface area contributed by atoms with Gasteiger partial charge in [-0.15, -0.1) is 0 Å². The maximum Gasteiger partial charge on any atom is 0.140 e. The second-order valence-electron chi connectivity index (χ2n) is 3.71. The summed E-state index contributed by atoms with van der Waals surface area (Å²) in [6, 6.07) is 0.285. The average molecular weight is 201 g/mol. The summed E-state index contributed by atoms with van der Waals surface area (Å²) >= 11 is 0. The van der Waals surface area contributed by atoms with Gasteiger partial charge in [0.2, 0.25) is 0 Å². The second-order valence-corrected chi connectivity index (χ2v) is 3.71. The molecule has 1 unspecified atom stereocenters. The predicted molar refractivity (Wildman–Crippen MR) is 59.6 cm³/mol. The highest BCUT2D eigenvalue weighted by atomic mass is 16.4. The van der Waals surface area contributed by atoms with Crippen LogP contribution in [0.3, 0.4) is 0 Å². The highest BCUT2D eigenvalue weighted by molar-refractivity contribution is 5.80. The van der Waals surface area contributed by atoms with E-state index in [2.05, 4.69) is 17.4 Å². The van der Waals surface area contributed by atoms with Crippen LogP contribution in [0.15, 0.2) is 5.16 Å². The maximum atomic E-state index is 8.36. The summed E-state index contributed by atoms with van der Waals surface area (Å²) in [4.78, 5) is 0. The van der Waals surface area contributed by atoms with E-state index in [9.17, 15) is 0 Å². The molecule has 4 N–H and O–H groups in total. The molecule has 0 aromatic carbocycles. The van der Waals surface area contributed by atoms with E-state index in [4.69, 9.17) is 10.9 Å². The Morgan fingerprint density at radius 2 is 2.14 bits per heavy atom. The Morgan fingerprint density at radius 1 is 1.43 bits per heavy atom. The van der Waals surface area contributed by atoms with Gasteiger partial charge >= 0.3 is 0 Å². The number of hydrogen-bond donors (Lipinski definition) is 3. The first-order valence-electron chi connectivity index (χ1n) is 5.40. The van der Waals surface area contributed by atoms with Crippen LogP contribution >= 0.6 is 0 Å². The summed E-state index contributed by atoms with van der Waals surface area (Å²) in [5.41, 5.74) is 5.39. The van der Waals surface area contributed by atoms with E-state index in [0.29, 0.717) is 12.3 Å². The summed E-state index contributed by atoms with van der Waals surface area (Å²) in [6.07, 6.45) is 5.65. The molecule has 0 fully saturated rings. The fourth-order valence-electron chi connectivity index (χ4n) is 1.33. The molecule has 14 heavy (non-hydrogen) atoms. The van der Waals surface area contributed by atoms with Crippen LogP contribution in [0.1, 0.15) is 46.0 Å². The number of oxime groups is 1. The molecule has 4 nitrogen and oxygen atoms in total. The molecule has 0 radical (unpaired) electrons. The molecule has 0 aromatic rings. The number of nitrogens with one attached hydrogen (secondary N) is 1. The number of rotatable bonds is 8. The highest BCUT2D eigenvalue weighted by Gasteiger charge is 2.03. The van der Waals surface area contributed by atoms with Crippen LogP contribution in [-0.4, -0.2) is 23.6 Å². The molecule has 0 aliphatic rings. The average Bonchev–Trinajstić information content (AvgIpc) is 2.17. The first-order chi connectivity index (χ1) is 6.70. The molecule has 0 spiro atoms. The number of amidine groups is 1. The van der Waals surface area contributed by atoms with Crippen molar-refractivity contribution in [2.45, 2.75) is 52.0 Å². The molecule has 84 valence electrons. The van der Waals surface area contributed by atoms with Crippen LogP contribution in [-0.2, 0) is 0 Å². The van der Waals surface area contributed by atoms with Crippen molar-refractivity contribution in [3.63, 3.8) is 0 Å². The summed E-state index contributed by atoms with van der Waals surface area (Å²) in [5.74, 6) is 0.290. The lowest BCUT2D eigenvalue weighted by Gasteiger charge is -2.12. The Bertz CT molecular complexity index is 159. The fourth-order valence-corrected chi connectivity index (χ4v) is 1.33. The molecule has 0 saturated heterocycles. The van der Waals surface area contributed by atoms with Crippen molar-refractivity contribution in [1.82, 2.24) is 5.32 Å². The minimum atomic E-state index is 0.285. The molecule has 0 rings (SSSR count). The van der Waals surface area contributed by atoms with E-state index in [1.54, 1.807) is 0 Å². The van der Waals surface area contributed by atoms with Gasteiger partial charge in [-0.2, -0.15) is 0 Å². The molecule has 4 heteroatoms. The van der Waals surface area contributed by atoms with Crippen LogP contribution in [0.5, 0.6) is 0 Å². The van der Waals surface area contributed by atoms with Crippen LogP contribution in [0.25, 0.3) is 0 Å². The van der Waals surface area contributed by atoms with Crippen molar-refractivity contribution in [2.24, 2.45) is 10.9 Å². The van der Waals surface area contributed by atoms with Crippen molar-refractivity contribution in [2.75, 3.05) is 6.54 Å². The van der Waals surface area contributed by atoms with E-state index in [1.165, 1.54) is 25.7 Å². The van der Waals surface area contributed by atoms with E-state index in [0.717, 1.165) is 6.54 Å². The van der Waals surface area contributed by atoms with Gasteiger partial charge in [0.25, 0.3) is 0 Å². The lowest BCUT2D eigenvalue weighted by atomic mass is 10.2. The molecular weight excluding hydrogens is 178 g/mol. The van der Waals surface area contributed by atoms with Crippen molar-refractivity contribution in [3.05, 3.63) is 0 Å². The molecule has 0 heterocycles. The molecule has 0 aromatic heterocycles. The summed E-state index contributed by atoms with van der Waals surface area (Å²) < 4.78 is 0. The van der Waals surface area contributed by atoms with Crippen LogP contribution in [0, 0.1) is 0 Å². The molecule has 0 aliphatic heterocycles. The van der Waals surface area contributed by atoms with Gasteiger partial charge in [-0.3, -0.25) is 0 Å². The third-order valence-electron chi connectivity index (χ3n) is 2.17. The largest absolute Gasteiger partial charge is 0.409 e. The van der Waals surface area contributed by atoms with E-state index >= 15 is 0 Å². The van der Waals surface area contributed by atoms with E-state index in [-0.39, 0.29) is 6.04 Å². The lowest BCUT2D eigenvalue weighted by Crippen LogP contribution is -2.31. The SMILES string of the molecule is CCCCCCNC(C)CC(N)=NO. The first-order valence-corrected chi connectivity index (χ1v) is 5.40. The Kier molecular flexibility index (Phi) is 8.33. The van der Waals surface area contributed by atoms with E-state index < -0.39 is 0 Å². The summed E-state index contributed by atoms with van der Waals surface area (Å²) in [6.45, 7) is 5.26. The Balaban J connectivity index is 3.31. The second kappa shape index (κ2) is 8.81. The summed E-state index contributed by atoms with van der Waals surface area (Å²) in [5, 5.41) is 14.6. The molecule has 1 atom stereocenters. The van der Waals surface area contributed by atoms with Crippen LogP contribution < -0.4 is 11.1 Å². The zero-order chi connectivity index (χ0) is 10.8. The van der Waals surface area contributed by atoms with Crippen molar-refractivity contribution >= 4 is 5.84 Å². The third kappa shape index (κ3) is 7.86. The van der Waals surface area contributed by atoms with Crippen LogP contribution in [0.4, 0.5) is 0 Å². The Hall–Kier alpha value is -0.770. The first kappa shape index (κ1) is 13.2. The van der Waals surface area contributed by atoms with E-state index in [1.807, 2.05) is 6.92 Å². The van der Waals surface area contributed by atoms with Gasteiger partial charge in [0, 0.05) is 12.5 Å².